The van der Waals surface area contributed by atoms with E-state index in [1.54, 1.807) is 6.92 Å². The van der Waals surface area contributed by atoms with Crippen LogP contribution in [0, 0.1) is 30.6 Å². The zero-order valence-corrected chi connectivity index (χ0v) is 21.5. The van der Waals surface area contributed by atoms with E-state index < -0.39 is 5.54 Å². The van der Waals surface area contributed by atoms with Crippen LogP contribution in [-0.2, 0) is 22.6 Å². The number of piperidine rings is 2. The molecule has 35 heavy (non-hydrogen) atoms. The van der Waals surface area contributed by atoms with Crippen LogP contribution in [0.1, 0.15) is 43.9 Å². The number of benzene rings is 2. The molecule has 1 saturated carbocycles. The van der Waals surface area contributed by atoms with Crippen molar-refractivity contribution in [3.05, 3.63) is 71.3 Å². The number of carbonyl (C=O) groups excluding carboxylic acids is 2. The van der Waals surface area contributed by atoms with Gasteiger partial charge in [-0.15, -0.1) is 0 Å². The predicted octanol–water partition coefficient (Wildman–Crippen LogP) is 3.75. The molecule has 0 radical (unpaired) electrons. The van der Waals surface area contributed by atoms with Gasteiger partial charge in [-0.25, -0.2) is 0 Å². The number of nitrogens with zero attached hydrogens (tertiary/aromatic N) is 1. The number of hydrogen-bond acceptors (Lipinski definition) is 4. The molecular formula is C30H39N3O2. The fourth-order valence-electron chi connectivity index (χ4n) is 7.35. The SMILES string of the molecule is CC(=O)C1N[C@@]2(C(=O)NCc3cccc(C)c3)C[C@@H]3CN(CC(C)C)[C@H]([C@H]13)[C@H]2Cc1ccccc1. The van der Waals surface area contributed by atoms with Crippen molar-refractivity contribution >= 4 is 11.7 Å². The van der Waals surface area contributed by atoms with Crippen molar-refractivity contribution < 1.29 is 9.59 Å². The molecule has 0 spiro atoms. The molecule has 1 amide bonds. The summed E-state index contributed by atoms with van der Waals surface area (Å²) >= 11 is 0. The minimum absolute atomic E-state index is 0.0470. The van der Waals surface area contributed by atoms with Gasteiger partial charge in [-0.05, 0) is 49.7 Å². The summed E-state index contributed by atoms with van der Waals surface area (Å²) in [6, 6.07) is 18.8. The van der Waals surface area contributed by atoms with Crippen molar-refractivity contribution in [3.8, 4) is 0 Å². The lowest BCUT2D eigenvalue weighted by Gasteiger charge is -2.59. The summed E-state index contributed by atoms with van der Waals surface area (Å²) in [5, 5.41) is 6.95. The summed E-state index contributed by atoms with van der Waals surface area (Å²) in [5.41, 5.74) is 2.80. The largest absolute Gasteiger partial charge is 0.350 e. The third-order valence-corrected chi connectivity index (χ3v) is 8.53. The van der Waals surface area contributed by atoms with Crippen molar-refractivity contribution in [2.24, 2.45) is 23.7 Å². The molecule has 0 aromatic heterocycles. The number of nitrogens with one attached hydrogen (secondary N) is 2. The Balaban J connectivity index is 1.51. The molecule has 4 bridgehead atoms. The first-order chi connectivity index (χ1) is 16.8. The standard InChI is InChI=1S/C30H39N3O2/c1-19(2)17-33-18-24-15-30(29(35)31-16-23-12-8-9-20(3)13-23)25(14-22-10-6-5-7-11-22)28(33)26(24)27(32-30)21(4)34/h5-13,19,24-28,32H,14-18H2,1-4H3,(H,31,35)/t24-,25-,26+,27?,28+,30+/m1/s1. The van der Waals surface area contributed by atoms with Gasteiger partial charge in [-0.2, -0.15) is 0 Å². The highest BCUT2D eigenvalue weighted by Crippen LogP contribution is 2.55. The first kappa shape index (κ1) is 24.2. The van der Waals surface area contributed by atoms with Crippen LogP contribution in [0.5, 0.6) is 0 Å². The molecule has 6 rings (SSSR count). The quantitative estimate of drug-likeness (QED) is 0.613. The highest BCUT2D eigenvalue weighted by molar-refractivity contribution is 5.91. The van der Waals surface area contributed by atoms with E-state index in [9.17, 15) is 9.59 Å². The van der Waals surface area contributed by atoms with Crippen LogP contribution in [0.3, 0.4) is 0 Å². The van der Waals surface area contributed by atoms with E-state index in [0.717, 1.165) is 31.5 Å². The van der Waals surface area contributed by atoms with Crippen molar-refractivity contribution in [3.63, 3.8) is 0 Å². The Morgan fingerprint density at radius 2 is 1.86 bits per heavy atom. The molecule has 2 aromatic carbocycles. The molecule has 3 saturated heterocycles. The Morgan fingerprint density at radius 1 is 1.11 bits per heavy atom. The van der Waals surface area contributed by atoms with Crippen LogP contribution in [0.2, 0.25) is 0 Å². The number of amides is 1. The molecule has 3 heterocycles. The van der Waals surface area contributed by atoms with Crippen molar-refractivity contribution in [2.45, 2.75) is 64.7 Å². The maximum Gasteiger partial charge on any atom is 0.240 e. The Kier molecular flexibility index (Phi) is 6.58. The second-order valence-electron chi connectivity index (χ2n) is 11.6. The van der Waals surface area contributed by atoms with E-state index >= 15 is 0 Å². The molecule has 6 atom stereocenters. The molecule has 5 heteroatoms. The fourth-order valence-corrected chi connectivity index (χ4v) is 7.35. The number of likely N-dealkylation sites (tertiary alicyclic amines) is 1. The van der Waals surface area contributed by atoms with Crippen molar-refractivity contribution in [2.75, 3.05) is 13.1 Å². The summed E-state index contributed by atoms with van der Waals surface area (Å²) in [6.45, 7) is 10.8. The third-order valence-electron chi connectivity index (χ3n) is 8.53. The average Bonchev–Trinajstić information content (AvgIpc) is 3.12. The van der Waals surface area contributed by atoms with Crippen LogP contribution >= 0.6 is 0 Å². The van der Waals surface area contributed by atoms with Crippen molar-refractivity contribution in [1.82, 2.24) is 15.5 Å². The molecule has 5 nitrogen and oxygen atoms in total. The monoisotopic (exact) mass is 473 g/mol. The van der Waals surface area contributed by atoms with Gasteiger partial charge in [-0.1, -0.05) is 74.0 Å². The highest BCUT2D eigenvalue weighted by atomic mass is 16.2. The number of rotatable bonds is 8. The molecule has 4 fully saturated rings. The number of hydrogen-bond donors (Lipinski definition) is 2. The molecular weight excluding hydrogens is 434 g/mol. The summed E-state index contributed by atoms with van der Waals surface area (Å²) in [4.78, 5) is 29.6. The van der Waals surface area contributed by atoms with Gasteiger partial charge in [0.1, 0.15) is 11.3 Å². The number of fused-ring (bicyclic) bond motifs is 1. The van der Waals surface area contributed by atoms with E-state index in [4.69, 9.17) is 0 Å². The van der Waals surface area contributed by atoms with Crippen LogP contribution in [0.15, 0.2) is 54.6 Å². The zero-order chi connectivity index (χ0) is 24.7. The smallest absolute Gasteiger partial charge is 0.240 e. The van der Waals surface area contributed by atoms with E-state index in [0.29, 0.717) is 18.4 Å². The van der Waals surface area contributed by atoms with Gasteiger partial charge < -0.3 is 5.32 Å². The molecule has 1 unspecified atom stereocenters. The maximum atomic E-state index is 14.1. The third kappa shape index (κ3) is 4.45. The molecule has 186 valence electrons. The average molecular weight is 474 g/mol. The Labute approximate surface area is 209 Å². The first-order valence-electron chi connectivity index (χ1n) is 13.2. The number of Topliss-reactive ketones (excluding diaryl/α,β-unsaturated/α-hetero) is 1. The van der Waals surface area contributed by atoms with Gasteiger partial charge in [0.05, 0.1) is 6.04 Å². The van der Waals surface area contributed by atoms with E-state index in [1.165, 1.54) is 11.1 Å². The van der Waals surface area contributed by atoms with E-state index in [2.05, 4.69) is 78.8 Å². The number of aryl methyl sites for hydroxylation is 1. The van der Waals surface area contributed by atoms with E-state index in [1.807, 2.05) is 12.1 Å². The normalized spacial score (nSPS) is 31.6. The highest BCUT2D eigenvalue weighted by Gasteiger charge is 2.68. The fraction of sp³-hybridized carbons (Fsp3) is 0.533. The molecule has 1 aliphatic carbocycles. The molecule has 2 aromatic rings. The topological polar surface area (TPSA) is 61.4 Å². The van der Waals surface area contributed by atoms with Gasteiger partial charge in [0.2, 0.25) is 5.91 Å². The van der Waals surface area contributed by atoms with Crippen molar-refractivity contribution in [1.29, 1.82) is 0 Å². The Morgan fingerprint density at radius 3 is 2.54 bits per heavy atom. The minimum Gasteiger partial charge on any atom is -0.350 e. The Hall–Kier alpha value is -2.50. The summed E-state index contributed by atoms with van der Waals surface area (Å²) in [7, 11) is 0. The lowest BCUT2D eigenvalue weighted by molar-refractivity contribution is -0.146. The van der Waals surface area contributed by atoms with Gasteiger partial charge >= 0.3 is 0 Å². The van der Waals surface area contributed by atoms with Crippen LogP contribution < -0.4 is 10.6 Å². The second-order valence-corrected chi connectivity index (χ2v) is 11.6. The summed E-state index contributed by atoms with van der Waals surface area (Å²) < 4.78 is 0. The van der Waals surface area contributed by atoms with Gasteiger partial charge in [-0.3, -0.25) is 19.8 Å². The maximum absolute atomic E-state index is 14.1. The summed E-state index contributed by atoms with van der Waals surface area (Å²) in [6.07, 6.45) is 1.63. The lowest BCUT2D eigenvalue weighted by Crippen LogP contribution is -2.78. The number of ketones is 1. The predicted molar refractivity (Wildman–Crippen MR) is 139 cm³/mol. The minimum atomic E-state index is -0.744. The van der Waals surface area contributed by atoms with Gasteiger partial charge in [0, 0.05) is 37.5 Å². The molecule has 3 aliphatic heterocycles. The summed E-state index contributed by atoms with van der Waals surface area (Å²) in [5.74, 6) is 1.49. The van der Waals surface area contributed by atoms with Crippen LogP contribution in [-0.4, -0.2) is 47.3 Å². The molecule has 4 aliphatic rings. The molecule has 2 N–H and O–H groups in total. The number of carbonyl (C=O) groups is 2. The van der Waals surface area contributed by atoms with Gasteiger partial charge in [0.15, 0.2) is 0 Å². The first-order valence-corrected chi connectivity index (χ1v) is 13.2. The van der Waals surface area contributed by atoms with E-state index in [-0.39, 0.29) is 35.6 Å². The van der Waals surface area contributed by atoms with Gasteiger partial charge in [0.25, 0.3) is 0 Å². The lowest BCUT2D eigenvalue weighted by atomic mass is 9.55. The second kappa shape index (κ2) is 9.51. The zero-order valence-electron chi connectivity index (χ0n) is 21.5. The van der Waals surface area contributed by atoms with Crippen LogP contribution in [0.4, 0.5) is 0 Å². The van der Waals surface area contributed by atoms with Crippen LogP contribution in [0.25, 0.3) is 0 Å². The Bertz CT molecular complexity index is 1080.